The van der Waals surface area contributed by atoms with E-state index in [-0.39, 0.29) is 0 Å². The molecule has 0 amide bonds. The van der Waals surface area contributed by atoms with Gasteiger partial charge in [0, 0.05) is 6.07 Å². The zero-order chi connectivity index (χ0) is 16.7. The van der Waals surface area contributed by atoms with Crippen molar-refractivity contribution in [2.75, 3.05) is 0 Å². The van der Waals surface area contributed by atoms with Gasteiger partial charge in [-0.05, 0) is 6.07 Å². The fraction of sp³-hybridized carbons (Fsp3) is 0.375. The summed E-state index contributed by atoms with van der Waals surface area (Å²) in [6.07, 6.45) is -3.55. The van der Waals surface area contributed by atoms with Gasteiger partial charge in [0.25, 0.3) is 0 Å². The summed E-state index contributed by atoms with van der Waals surface area (Å²) in [4.78, 5) is 35.6. The molecule has 0 atom stereocenters. The number of pyridine rings is 1. The molecule has 0 saturated heterocycles. The summed E-state index contributed by atoms with van der Waals surface area (Å²) in [5.74, 6) is 0. The Morgan fingerprint density at radius 1 is 1.10 bits per heavy atom. The lowest BCUT2D eigenvalue weighted by atomic mass is 10.3. The molecule has 21 heavy (non-hydrogen) atoms. The second-order valence-electron chi connectivity index (χ2n) is 4.13. The third kappa shape index (κ3) is 3.89. The standard InChI is InChI=1S/C8H10F3NO7P2/c9-8(10,11)6-2-1-3-12(4-6)5-7(13,20(14,15)16)21(17,18)19/h1-4,13H,5H2,(H3-,14,15,16,17,18,19)/p+1. The average Bonchev–Trinajstić information content (AvgIpc) is 2.25. The Morgan fingerprint density at radius 3 is 1.95 bits per heavy atom. The maximum Gasteiger partial charge on any atom is 0.422 e. The molecule has 120 valence electrons. The van der Waals surface area contributed by atoms with Crippen molar-refractivity contribution >= 4 is 15.2 Å². The topological polar surface area (TPSA) is 139 Å². The Morgan fingerprint density at radius 2 is 1.57 bits per heavy atom. The molecule has 0 aliphatic rings. The molecule has 0 spiro atoms. The molecule has 13 heteroatoms. The van der Waals surface area contributed by atoms with Crippen LogP contribution in [0.4, 0.5) is 13.2 Å². The van der Waals surface area contributed by atoms with Gasteiger partial charge in [0.2, 0.25) is 6.54 Å². The summed E-state index contributed by atoms with van der Waals surface area (Å²) in [5.41, 5.74) is -1.22. The molecule has 0 saturated carbocycles. The number of nitrogens with zero attached hydrogens (tertiary/aromatic N) is 1. The van der Waals surface area contributed by atoms with Crippen LogP contribution in [0.2, 0.25) is 0 Å². The SMILES string of the molecule is O=P(O)(O)C(O)(C[n+]1cccc(C(F)(F)F)c1)P(=O)(O)O. The van der Waals surface area contributed by atoms with Crippen LogP contribution < -0.4 is 4.57 Å². The maximum absolute atomic E-state index is 12.5. The summed E-state index contributed by atoms with van der Waals surface area (Å²) in [6.45, 7) is -1.43. The van der Waals surface area contributed by atoms with Gasteiger partial charge < -0.3 is 24.7 Å². The number of aromatic nitrogens is 1. The summed E-state index contributed by atoms with van der Waals surface area (Å²) < 4.78 is 60.1. The zero-order valence-electron chi connectivity index (χ0n) is 10.0. The van der Waals surface area contributed by atoms with E-state index in [2.05, 4.69) is 0 Å². The number of hydrogen-bond donors (Lipinski definition) is 5. The van der Waals surface area contributed by atoms with Crippen LogP contribution in [0.5, 0.6) is 0 Å². The van der Waals surface area contributed by atoms with Crippen LogP contribution in [0.15, 0.2) is 24.5 Å². The van der Waals surface area contributed by atoms with Gasteiger partial charge in [-0.3, -0.25) is 9.13 Å². The van der Waals surface area contributed by atoms with Gasteiger partial charge >= 0.3 is 26.5 Å². The van der Waals surface area contributed by atoms with Crippen LogP contribution in [0, 0.1) is 0 Å². The minimum Gasteiger partial charge on any atom is -0.363 e. The maximum atomic E-state index is 12.5. The molecule has 1 aromatic heterocycles. The van der Waals surface area contributed by atoms with Gasteiger partial charge in [-0.1, -0.05) is 0 Å². The summed E-state index contributed by atoms with van der Waals surface area (Å²) >= 11 is 0. The number of hydrogen-bond acceptors (Lipinski definition) is 3. The van der Waals surface area contributed by atoms with Gasteiger partial charge in [0.05, 0.1) is 0 Å². The molecule has 5 N–H and O–H groups in total. The molecule has 1 heterocycles. The van der Waals surface area contributed by atoms with E-state index in [1.807, 2.05) is 0 Å². The Bertz CT molecular complexity index is 601. The van der Waals surface area contributed by atoms with E-state index in [1.54, 1.807) is 0 Å². The van der Waals surface area contributed by atoms with Gasteiger partial charge in [-0.15, -0.1) is 0 Å². The highest BCUT2D eigenvalue weighted by Gasteiger charge is 2.62. The van der Waals surface area contributed by atoms with E-state index in [1.165, 1.54) is 0 Å². The second kappa shape index (κ2) is 5.44. The third-order valence-corrected chi connectivity index (χ3v) is 6.23. The minimum absolute atomic E-state index is 0.357. The minimum atomic E-state index is -5.74. The molecule has 0 aliphatic carbocycles. The summed E-state index contributed by atoms with van der Waals surface area (Å²) in [7, 11) is -11.5. The van der Waals surface area contributed by atoms with E-state index >= 15 is 0 Å². The van der Waals surface area contributed by atoms with Crippen LogP contribution in [-0.2, 0) is 21.9 Å². The molecule has 1 aromatic rings. The van der Waals surface area contributed by atoms with Gasteiger partial charge in [0.15, 0.2) is 12.4 Å². The largest absolute Gasteiger partial charge is 0.422 e. The highest BCUT2D eigenvalue weighted by molar-refractivity contribution is 7.72. The molecule has 0 fully saturated rings. The van der Waals surface area contributed by atoms with E-state index in [0.29, 0.717) is 16.8 Å². The number of halogens is 3. The molecular weight excluding hydrogens is 341 g/mol. The number of alkyl halides is 3. The highest BCUT2D eigenvalue weighted by Crippen LogP contribution is 2.67. The molecule has 0 aromatic carbocycles. The number of aliphatic hydroxyl groups is 1. The van der Waals surface area contributed by atoms with Crippen molar-refractivity contribution in [2.24, 2.45) is 0 Å². The van der Waals surface area contributed by atoms with Crippen LogP contribution in [0.1, 0.15) is 5.56 Å². The van der Waals surface area contributed by atoms with Crippen LogP contribution in [0.25, 0.3) is 0 Å². The molecule has 0 unspecified atom stereocenters. The van der Waals surface area contributed by atoms with Crippen molar-refractivity contribution in [3.63, 3.8) is 0 Å². The summed E-state index contributed by atoms with van der Waals surface area (Å²) in [6, 6.07) is 1.49. The van der Waals surface area contributed by atoms with Crippen LogP contribution in [-0.4, -0.2) is 29.8 Å². The number of rotatable bonds is 4. The van der Waals surface area contributed by atoms with E-state index in [9.17, 15) is 27.4 Å². The van der Waals surface area contributed by atoms with Crippen molar-refractivity contribution in [1.29, 1.82) is 0 Å². The lowest BCUT2D eigenvalue weighted by Gasteiger charge is -2.26. The lowest BCUT2D eigenvalue weighted by molar-refractivity contribution is -0.704. The molecule has 8 nitrogen and oxygen atoms in total. The van der Waals surface area contributed by atoms with Crippen LogP contribution >= 0.6 is 15.2 Å². The Hall–Kier alpha value is -0.800. The van der Waals surface area contributed by atoms with Crippen molar-refractivity contribution in [3.05, 3.63) is 30.1 Å². The molecular formula is C8H11F3NO7P2+. The first-order chi connectivity index (χ1) is 9.18. The van der Waals surface area contributed by atoms with Crippen molar-refractivity contribution in [3.8, 4) is 0 Å². The molecule has 1 rings (SSSR count). The van der Waals surface area contributed by atoms with Crippen molar-refractivity contribution < 1.29 is 51.5 Å². The quantitative estimate of drug-likeness (QED) is 0.379. The summed E-state index contributed by atoms with van der Waals surface area (Å²) in [5, 5.41) is 5.78. The molecule has 0 bridgehead atoms. The first-order valence-corrected chi connectivity index (χ1v) is 8.31. The van der Waals surface area contributed by atoms with E-state index < -0.39 is 38.6 Å². The first-order valence-electron chi connectivity index (χ1n) is 5.08. The predicted molar refractivity (Wildman–Crippen MR) is 60.7 cm³/mol. The predicted octanol–water partition coefficient (Wildman–Crippen LogP) is -0.00560. The fourth-order valence-corrected chi connectivity index (χ4v) is 3.44. The van der Waals surface area contributed by atoms with Gasteiger partial charge in [0.1, 0.15) is 5.56 Å². The third-order valence-electron chi connectivity index (χ3n) is 2.51. The van der Waals surface area contributed by atoms with Crippen molar-refractivity contribution in [2.45, 2.75) is 17.8 Å². The zero-order valence-corrected chi connectivity index (χ0v) is 11.8. The first kappa shape index (κ1) is 18.2. The van der Waals surface area contributed by atoms with Gasteiger partial charge in [-0.2, -0.15) is 13.2 Å². The second-order valence-corrected chi connectivity index (χ2v) is 8.13. The Kier molecular flexibility index (Phi) is 4.73. The normalized spacial score (nSPS) is 14.3. The molecule has 0 radical (unpaired) electrons. The van der Waals surface area contributed by atoms with Gasteiger partial charge in [-0.25, -0.2) is 4.57 Å². The van der Waals surface area contributed by atoms with E-state index in [0.717, 1.165) is 12.3 Å². The lowest BCUT2D eigenvalue weighted by Crippen LogP contribution is -2.47. The smallest absolute Gasteiger partial charge is 0.363 e. The Balaban J connectivity index is 3.31. The Labute approximate surface area is 115 Å². The monoisotopic (exact) mass is 352 g/mol. The van der Waals surface area contributed by atoms with Crippen molar-refractivity contribution in [1.82, 2.24) is 0 Å². The molecule has 0 aliphatic heterocycles. The van der Waals surface area contributed by atoms with Crippen LogP contribution in [0.3, 0.4) is 0 Å². The van der Waals surface area contributed by atoms with E-state index in [4.69, 9.17) is 19.6 Å². The highest BCUT2D eigenvalue weighted by atomic mass is 31.2. The average molecular weight is 352 g/mol. The fourth-order valence-electron chi connectivity index (χ4n) is 1.39.